The van der Waals surface area contributed by atoms with Crippen LogP contribution < -0.4 is 5.32 Å². The van der Waals surface area contributed by atoms with Crippen molar-refractivity contribution in [1.82, 2.24) is 5.32 Å². The minimum absolute atomic E-state index is 0.0428. The molecule has 0 unspecified atom stereocenters. The fraction of sp³-hybridized carbons (Fsp3) is 0.462. The quantitative estimate of drug-likeness (QED) is 0.857. The average molecular weight is 377 g/mol. The van der Waals surface area contributed by atoms with Crippen molar-refractivity contribution < 1.29 is 9.53 Å². The molecule has 1 N–H and O–H groups in total. The Balaban J connectivity index is 2.11. The van der Waals surface area contributed by atoms with Gasteiger partial charge in [0.25, 0.3) is 5.91 Å². The first-order chi connectivity index (χ1) is 8.50. The topological polar surface area (TPSA) is 38.3 Å². The summed E-state index contributed by atoms with van der Waals surface area (Å²) in [5, 5.41) is 3.11. The van der Waals surface area contributed by atoms with E-state index in [4.69, 9.17) is 4.74 Å². The summed E-state index contributed by atoms with van der Waals surface area (Å²) >= 11 is 6.79. The lowest BCUT2D eigenvalue weighted by molar-refractivity contribution is 0.0422. The van der Waals surface area contributed by atoms with E-state index in [9.17, 15) is 4.79 Å². The van der Waals surface area contributed by atoms with Gasteiger partial charge in [0.05, 0.1) is 5.56 Å². The van der Waals surface area contributed by atoms with Crippen LogP contribution in [0.4, 0.5) is 0 Å². The van der Waals surface area contributed by atoms with Crippen molar-refractivity contribution in [1.29, 1.82) is 0 Å². The molecule has 0 saturated carbocycles. The van der Waals surface area contributed by atoms with Crippen LogP contribution >= 0.6 is 31.9 Å². The van der Waals surface area contributed by atoms with E-state index < -0.39 is 0 Å². The lowest BCUT2D eigenvalue weighted by atomic mass is 9.92. The fourth-order valence-corrected chi connectivity index (χ4v) is 3.19. The molecular formula is C13H15Br2NO2. The van der Waals surface area contributed by atoms with Gasteiger partial charge in [0.2, 0.25) is 0 Å². The second-order valence-corrected chi connectivity index (χ2v) is 6.52. The molecular weight excluding hydrogens is 362 g/mol. The number of carbonyl (C=O) groups excluding carboxylic acids is 1. The lowest BCUT2D eigenvalue weighted by Crippen LogP contribution is -2.49. The molecule has 1 heterocycles. The van der Waals surface area contributed by atoms with Crippen molar-refractivity contribution in [2.24, 2.45) is 0 Å². The predicted molar refractivity (Wildman–Crippen MR) is 77.8 cm³/mol. The highest BCUT2D eigenvalue weighted by molar-refractivity contribution is 9.11. The summed E-state index contributed by atoms with van der Waals surface area (Å²) in [6.45, 7) is 3.48. The first-order valence-corrected chi connectivity index (χ1v) is 7.44. The van der Waals surface area contributed by atoms with Crippen molar-refractivity contribution in [2.45, 2.75) is 25.3 Å². The zero-order valence-corrected chi connectivity index (χ0v) is 13.3. The molecule has 98 valence electrons. The standard InChI is InChI=1S/C13H15Br2NO2/c1-13(4-6-18-7-5-13)16-12(17)10-3-2-9(14)8-11(10)15/h2-3,8H,4-7H2,1H3,(H,16,17). The molecule has 1 aliphatic heterocycles. The number of benzene rings is 1. The smallest absolute Gasteiger partial charge is 0.252 e. The van der Waals surface area contributed by atoms with E-state index >= 15 is 0 Å². The van der Waals surface area contributed by atoms with E-state index in [-0.39, 0.29) is 11.4 Å². The van der Waals surface area contributed by atoms with Crippen LogP contribution in [0.15, 0.2) is 27.1 Å². The van der Waals surface area contributed by atoms with Gasteiger partial charge in [0.1, 0.15) is 0 Å². The minimum atomic E-state index is -0.165. The summed E-state index contributed by atoms with van der Waals surface area (Å²) in [5.74, 6) is -0.0428. The molecule has 0 bridgehead atoms. The van der Waals surface area contributed by atoms with Gasteiger partial charge in [-0.3, -0.25) is 4.79 Å². The van der Waals surface area contributed by atoms with Crippen LogP contribution in [0, 0.1) is 0 Å². The zero-order valence-electron chi connectivity index (χ0n) is 10.1. The molecule has 5 heteroatoms. The number of rotatable bonds is 2. The molecule has 1 aromatic rings. The summed E-state index contributed by atoms with van der Waals surface area (Å²) in [6, 6.07) is 5.55. The zero-order chi connectivity index (χ0) is 13.2. The maximum atomic E-state index is 12.3. The Bertz CT molecular complexity index is 456. The summed E-state index contributed by atoms with van der Waals surface area (Å²) in [4.78, 5) is 12.3. The van der Waals surface area contributed by atoms with E-state index in [1.54, 1.807) is 0 Å². The first kappa shape index (κ1) is 14.0. The number of hydrogen-bond donors (Lipinski definition) is 1. The second kappa shape index (κ2) is 5.72. The third kappa shape index (κ3) is 3.33. The number of amides is 1. The van der Waals surface area contributed by atoms with Crippen molar-refractivity contribution >= 4 is 37.8 Å². The Labute approximate surface area is 124 Å². The van der Waals surface area contributed by atoms with Crippen molar-refractivity contribution in [3.8, 4) is 0 Å². The maximum Gasteiger partial charge on any atom is 0.252 e. The van der Waals surface area contributed by atoms with Crippen LogP contribution in [0.25, 0.3) is 0 Å². The Morgan fingerprint density at radius 2 is 2.00 bits per heavy atom. The van der Waals surface area contributed by atoms with E-state index in [2.05, 4.69) is 44.1 Å². The first-order valence-electron chi connectivity index (χ1n) is 5.85. The van der Waals surface area contributed by atoms with Gasteiger partial charge < -0.3 is 10.1 Å². The molecule has 2 rings (SSSR count). The number of halogens is 2. The number of carbonyl (C=O) groups is 1. The molecule has 0 spiro atoms. The van der Waals surface area contributed by atoms with Crippen molar-refractivity contribution in [2.75, 3.05) is 13.2 Å². The van der Waals surface area contributed by atoms with Gasteiger partial charge in [0, 0.05) is 27.7 Å². The third-order valence-corrected chi connectivity index (χ3v) is 4.34. The minimum Gasteiger partial charge on any atom is -0.381 e. The maximum absolute atomic E-state index is 12.3. The Hall–Kier alpha value is -0.390. The normalized spacial score (nSPS) is 18.4. The summed E-state index contributed by atoms with van der Waals surface area (Å²) < 4.78 is 7.07. The fourth-order valence-electron chi connectivity index (χ4n) is 1.96. The molecule has 1 fully saturated rings. The van der Waals surface area contributed by atoms with Crippen molar-refractivity contribution in [3.05, 3.63) is 32.7 Å². The second-order valence-electron chi connectivity index (χ2n) is 4.75. The van der Waals surface area contributed by atoms with Gasteiger partial charge >= 0.3 is 0 Å². The number of hydrogen-bond acceptors (Lipinski definition) is 2. The van der Waals surface area contributed by atoms with Gasteiger partial charge in [-0.15, -0.1) is 0 Å². The Morgan fingerprint density at radius 1 is 1.33 bits per heavy atom. The molecule has 1 aromatic carbocycles. The van der Waals surface area contributed by atoms with Crippen LogP contribution in [0.3, 0.4) is 0 Å². The summed E-state index contributed by atoms with van der Waals surface area (Å²) in [7, 11) is 0. The number of ether oxygens (including phenoxy) is 1. The highest BCUT2D eigenvalue weighted by Gasteiger charge is 2.29. The molecule has 3 nitrogen and oxygen atoms in total. The van der Waals surface area contributed by atoms with E-state index in [1.165, 1.54) is 0 Å². The Morgan fingerprint density at radius 3 is 2.61 bits per heavy atom. The van der Waals surface area contributed by atoms with Gasteiger partial charge in [-0.2, -0.15) is 0 Å². The van der Waals surface area contributed by atoms with Gasteiger partial charge in [-0.1, -0.05) is 15.9 Å². The van der Waals surface area contributed by atoms with E-state index in [0.29, 0.717) is 18.8 Å². The van der Waals surface area contributed by atoms with Crippen LogP contribution in [0.2, 0.25) is 0 Å². The van der Waals surface area contributed by atoms with Gasteiger partial charge in [0.15, 0.2) is 0 Å². The van der Waals surface area contributed by atoms with E-state index in [1.807, 2.05) is 18.2 Å². The highest BCUT2D eigenvalue weighted by Crippen LogP contribution is 2.24. The van der Waals surface area contributed by atoms with Crippen LogP contribution in [0.1, 0.15) is 30.1 Å². The predicted octanol–water partition coefficient (Wildman–Crippen LogP) is 3.51. The average Bonchev–Trinajstić information content (AvgIpc) is 2.28. The largest absolute Gasteiger partial charge is 0.381 e. The van der Waals surface area contributed by atoms with Crippen LogP contribution in [0.5, 0.6) is 0 Å². The third-order valence-electron chi connectivity index (χ3n) is 3.19. The molecule has 1 saturated heterocycles. The Kier molecular flexibility index (Phi) is 4.45. The molecule has 18 heavy (non-hydrogen) atoms. The monoisotopic (exact) mass is 375 g/mol. The summed E-state index contributed by atoms with van der Waals surface area (Å²) in [5.41, 5.74) is 0.493. The van der Waals surface area contributed by atoms with Gasteiger partial charge in [-0.25, -0.2) is 0 Å². The van der Waals surface area contributed by atoms with Crippen LogP contribution in [-0.4, -0.2) is 24.7 Å². The summed E-state index contributed by atoms with van der Waals surface area (Å²) in [6.07, 6.45) is 1.71. The molecule has 1 amide bonds. The number of nitrogens with one attached hydrogen (secondary N) is 1. The molecule has 1 aliphatic rings. The molecule has 0 aliphatic carbocycles. The van der Waals surface area contributed by atoms with Crippen LogP contribution in [-0.2, 0) is 4.74 Å². The highest BCUT2D eigenvalue weighted by atomic mass is 79.9. The van der Waals surface area contributed by atoms with Gasteiger partial charge in [-0.05, 0) is 53.9 Å². The SMILES string of the molecule is CC1(NC(=O)c2ccc(Br)cc2Br)CCOCC1. The van der Waals surface area contributed by atoms with Crippen molar-refractivity contribution in [3.63, 3.8) is 0 Å². The molecule has 0 aromatic heterocycles. The van der Waals surface area contributed by atoms with E-state index in [0.717, 1.165) is 21.8 Å². The lowest BCUT2D eigenvalue weighted by Gasteiger charge is -2.34. The molecule has 0 atom stereocenters. The molecule has 0 radical (unpaired) electrons.